The standard InChI is InChI=1S/C54H40N2O8/c55-37-15-13-17-41(35-37)59-45-21-3-7-25-49(45)63-53-29-11-9-27-51(53)61-47-23-5-1-19-43(47)57-39-31-33-40(34-32-39)58-44-20-2-6-24-48(44)62-52-28-10-12-30-54(52)64-50-26-8-4-22-46(50)60-42-18-14-16-38(56)36-42/h1-36H,55-56H2. The van der Waals surface area contributed by atoms with E-state index in [-0.39, 0.29) is 0 Å². The molecule has 10 nitrogen and oxygen atoms in total. The molecule has 0 aliphatic carbocycles. The molecular formula is C54H40N2O8. The zero-order chi connectivity index (χ0) is 43.5. The minimum absolute atomic E-state index is 0.476. The van der Waals surface area contributed by atoms with Gasteiger partial charge in [0.05, 0.1) is 0 Å². The van der Waals surface area contributed by atoms with E-state index >= 15 is 0 Å². The first-order chi connectivity index (χ1) is 31.5. The second-order valence-corrected chi connectivity index (χ2v) is 14.1. The topological polar surface area (TPSA) is 126 Å². The van der Waals surface area contributed by atoms with Crippen molar-refractivity contribution in [3.05, 3.63) is 218 Å². The third kappa shape index (κ3) is 10.1. The minimum atomic E-state index is 0.476. The van der Waals surface area contributed by atoms with Gasteiger partial charge < -0.3 is 49.4 Å². The van der Waals surface area contributed by atoms with Crippen LogP contribution in [0.4, 0.5) is 11.4 Å². The van der Waals surface area contributed by atoms with Crippen LogP contribution >= 0.6 is 0 Å². The van der Waals surface area contributed by atoms with Crippen LogP contribution < -0.4 is 49.4 Å². The van der Waals surface area contributed by atoms with Crippen molar-refractivity contribution in [2.45, 2.75) is 0 Å². The monoisotopic (exact) mass is 844 g/mol. The number of hydrogen-bond acceptors (Lipinski definition) is 10. The van der Waals surface area contributed by atoms with Crippen LogP contribution in [0.25, 0.3) is 0 Å². The van der Waals surface area contributed by atoms with Crippen molar-refractivity contribution in [2.75, 3.05) is 11.5 Å². The van der Waals surface area contributed by atoms with E-state index in [9.17, 15) is 0 Å². The van der Waals surface area contributed by atoms with Crippen molar-refractivity contribution < 1.29 is 37.9 Å². The van der Waals surface area contributed by atoms with E-state index in [1.165, 1.54) is 0 Å². The normalized spacial score (nSPS) is 10.6. The van der Waals surface area contributed by atoms with Gasteiger partial charge >= 0.3 is 0 Å². The molecule has 9 aromatic carbocycles. The van der Waals surface area contributed by atoms with Crippen LogP contribution in [-0.2, 0) is 0 Å². The summed E-state index contributed by atoms with van der Waals surface area (Å²) < 4.78 is 50.6. The fourth-order valence-corrected chi connectivity index (χ4v) is 6.43. The van der Waals surface area contributed by atoms with E-state index in [4.69, 9.17) is 49.4 Å². The van der Waals surface area contributed by atoms with E-state index in [1.54, 1.807) is 24.3 Å². The van der Waals surface area contributed by atoms with Gasteiger partial charge in [0.2, 0.25) is 0 Å². The Balaban J connectivity index is 0.872. The Bertz CT molecular complexity index is 2810. The molecule has 4 N–H and O–H groups in total. The molecule has 0 aromatic heterocycles. The maximum absolute atomic E-state index is 6.43. The number of benzene rings is 9. The van der Waals surface area contributed by atoms with E-state index in [2.05, 4.69) is 0 Å². The molecule has 0 fully saturated rings. The van der Waals surface area contributed by atoms with Crippen LogP contribution in [0, 0.1) is 0 Å². The predicted molar refractivity (Wildman–Crippen MR) is 247 cm³/mol. The van der Waals surface area contributed by atoms with E-state index in [0.717, 1.165) is 0 Å². The molecule has 314 valence electrons. The van der Waals surface area contributed by atoms with Crippen LogP contribution in [0.1, 0.15) is 0 Å². The fourth-order valence-electron chi connectivity index (χ4n) is 6.43. The van der Waals surface area contributed by atoms with Crippen LogP contribution in [-0.4, -0.2) is 0 Å². The molecule has 0 spiro atoms. The van der Waals surface area contributed by atoms with Gasteiger partial charge in [-0.2, -0.15) is 0 Å². The summed E-state index contributed by atoms with van der Waals surface area (Å²) in [5.41, 5.74) is 13.1. The second-order valence-electron chi connectivity index (χ2n) is 14.1. The molecule has 0 aliphatic heterocycles. The highest BCUT2D eigenvalue weighted by Gasteiger charge is 2.17. The van der Waals surface area contributed by atoms with Gasteiger partial charge in [-0.3, -0.25) is 0 Å². The average Bonchev–Trinajstić information content (AvgIpc) is 3.31. The molecule has 0 saturated carbocycles. The van der Waals surface area contributed by atoms with Gasteiger partial charge in [-0.15, -0.1) is 0 Å². The van der Waals surface area contributed by atoms with Crippen LogP contribution in [0.5, 0.6) is 92.0 Å². The molecule has 0 heterocycles. The lowest BCUT2D eigenvalue weighted by molar-refractivity contribution is 0.380. The Labute approximate surface area is 369 Å². The lowest BCUT2D eigenvalue weighted by Gasteiger charge is -2.17. The molecule has 9 aromatic rings. The third-order valence-electron chi connectivity index (χ3n) is 9.43. The van der Waals surface area contributed by atoms with E-state index < -0.39 is 0 Å². The molecule has 0 bridgehead atoms. The van der Waals surface area contributed by atoms with Gasteiger partial charge in [-0.05, 0) is 121 Å². The number of anilines is 2. The van der Waals surface area contributed by atoms with Crippen molar-refractivity contribution in [3.8, 4) is 92.0 Å². The highest BCUT2D eigenvalue weighted by Crippen LogP contribution is 2.44. The number of rotatable bonds is 16. The maximum Gasteiger partial charge on any atom is 0.170 e. The minimum Gasteiger partial charge on any atom is -0.453 e. The smallest absolute Gasteiger partial charge is 0.170 e. The highest BCUT2D eigenvalue weighted by atomic mass is 16.6. The zero-order valence-electron chi connectivity index (χ0n) is 34.2. The summed E-state index contributed by atoms with van der Waals surface area (Å²) in [5.74, 6) is 8.22. The van der Waals surface area contributed by atoms with Crippen molar-refractivity contribution in [2.24, 2.45) is 0 Å². The number of hydrogen-bond donors (Lipinski definition) is 2. The van der Waals surface area contributed by atoms with Crippen molar-refractivity contribution in [1.29, 1.82) is 0 Å². The summed E-state index contributed by atoms with van der Waals surface area (Å²) in [7, 11) is 0. The van der Waals surface area contributed by atoms with Gasteiger partial charge in [-0.1, -0.05) is 84.9 Å². The lowest BCUT2D eigenvalue weighted by Crippen LogP contribution is -1.95. The molecule has 9 rings (SSSR count). The summed E-state index contributed by atoms with van der Waals surface area (Å²) in [5, 5.41) is 0. The zero-order valence-corrected chi connectivity index (χ0v) is 34.2. The molecule has 0 saturated heterocycles. The largest absolute Gasteiger partial charge is 0.453 e. The summed E-state index contributed by atoms with van der Waals surface area (Å²) >= 11 is 0. The summed E-state index contributed by atoms with van der Waals surface area (Å²) in [6.45, 7) is 0. The fraction of sp³-hybridized carbons (Fsp3) is 0. The molecule has 0 amide bonds. The summed E-state index contributed by atoms with van der Waals surface area (Å²) in [6.07, 6.45) is 0. The van der Waals surface area contributed by atoms with Gasteiger partial charge in [0, 0.05) is 23.5 Å². The van der Waals surface area contributed by atoms with Crippen LogP contribution in [0.3, 0.4) is 0 Å². The van der Waals surface area contributed by atoms with Crippen molar-refractivity contribution >= 4 is 11.4 Å². The maximum atomic E-state index is 6.43. The number of nitrogen functional groups attached to an aromatic ring is 2. The summed E-state index contributed by atoms with van der Waals surface area (Å²) in [6, 6.07) is 66.1. The lowest BCUT2D eigenvalue weighted by atomic mass is 10.2. The first-order valence-corrected chi connectivity index (χ1v) is 20.3. The molecule has 0 radical (unpaired) electrons. The van der Waals surface area contributed by atoms with Crippen molar-refractivity contribution in [3.63, 3.8) is 0 Å². The number of nitrogens with two attached hydrogens (primary N) is 2. The van der Waals surface area contributed by atoms with Crippen molar-refractivity contribution in [1.82, 2.24) is 0 Å². The highest BCUT2D eigenvalue weighted by molar-refractivity contribution is 5.55. The Hall–Kier alpha value is -9.02. The quantitative estimate of drug-likeness (QED) is 0.0908. The first kappa shape index (κ1) is 40.4. The average molecular weight is 845 g/mol. The first-order valence-electron chi connectivity index (χ1n) is 20.3. The predicted octanol–water partition coefficient (Wildman–Crippen LogP) is 15.2. The SMILES string of the molecule is Nc1cccc(Oc2ccccc2Oc2ccccc2Oc2ccccc2Oc2ccc(Oc3ccccc3Oc3ccccc3Oc3ccccc3Oc3cccc(N)c3)cc2)c1. The molecule has 64 heavy (non-hydrogen) atoms. The molecule has 0 aliphatic rings. The van der Waals surface area contributed by atoms with Gasteiger partial charge in [0.15, 0.2) is 69.0 Å². The van der Waals surface area contributed by atoms with Gasteiger partial charge in [0.25, 0.3) is 0 Å². The molecule has 0 atom stereocenters. The molecular weight excluding hydrogens is 805 g/mol. The van der Waals surface area contributed by atoms with Gasteiger partial charge in [-0.25, -0.2) is 0 Å². The van der Waals surface area contributed by atoms with E-state index in [0.29, 0.717) is 103 Å². The number of para-hydroxylation sites is 12. The Kier molecular flexibility index (Phi) is 12.1. The Morgan fingerprint density at radius 1 is 0.188 bits per heavy atom. The van der Waals surface area contributed by atoms with Gasteiger partial charge in [0.1, 0.15) is 23.0 Å². The van der Waals surface area contributed by atoms with Crippen LogP contribution in [0.15, 0.2) is 218 Å². The second kappa shape index (κ2) is 19.1. The van der Waals surface area contributed by atoms with Crippen LogP contribution in [0.2, 0.25) is 0 Å². The Morgan fingerprint density at radius 2 is 0.391 bits per heavy atom. The molecule has 10 heteroatoms. The Morgan fingerprint density at radius 3 is 0.609 bits per heavy atom. The third-order valence-corrected chi connectivity index (χ3v) is 9.43. The summed E-state index contributed by atoms with van der Waals surface area (Å²) in [4.78, 5) is 0. The van der Waals surface area contributed by atoms with E-state index in [1.807, 2.05) is 194 Å². The molecule has 0 unspecified atom stereocenters. The number of ether oxygens (including phenoxy) is 8.